The summed E-state index contributed by atoms with van der Waals surface area (Å²) in [7, 11) is 3.30. The Labute approximate surface area is 107 Å². The predicted octanol–water partition coefficient (Wildman–Crippen LogP) is 3.45. The maximum absolute atomic E-state index is 5.16. The minimum absolute atomic E-state index is 0.827. The van der Waals surface area contributed by atoms with Gasteiger partial charge in [0.2, 0.25) is 0 Å². The van der Waals surface area contributed by atoms with E-state index in [4.69, 9.17) is 9.47 Å². The summed E-state index contributed by atoms with van der Waals surface area (Å²) >= 11 is 0. The molecular weight excluding hydrogens is 226 g/mol. The molecule has 0 radical (unpaired) electrons. The van der Waals surface area contributed by atoms with E-state index in [-0.39, 0.29) is 0 Å². The van der Waals surface area contributed by atoms with Gasteiger partial charge in [0, 0.05) is 6.21 Å². The fraction of sp³-hybridized carbons (Fsp3) is 0.133. The molecule has 0 aromatic heterocycles. The highest BCUT2D eigenvalue weighted by Gasteiger charge is 1.93. The molecule has 0 bridgehead atoms. The van der Waals surface area contributed by atoms with Crippen molar-refractivity contribution in [3.8, 4) is 11.5 Å². The average molecular weight is 241 g/mol. The number of aliphatic imine (C=N–C) groups is 1. The summed E-state index contributed by atoms with van der Waals surface area (Å²) in [6.07, 6.45) is 1.81. The molecule has 3 nitrogen and oxygen atoms in total. The molecular formula is C15H15NO2. The quantitative estimate of drug-likeness (QED) is 0.767. The third kappa shape index (κ3) is 3.10. The highest BCUT2D eigenvalue weighted by Crippen LogP contribution is 2.18. The molecule has 0 saturated heterocycles. The van der Waals surface area contributed by atoms with Crippen LogP contribution in [0.15, 0.2) is 53.5 Å². The summed E-state index contributed by atoms with van der Waals surface area (Å²) in [5.74, 6) is 1.66. The molecule has 18 heavy (non-hydrogen) atoms. The highest BCUT2D eigenvalue weighted by molar-refractivity contribution is 5.82. The third-order valence-electron chi connectivity index (χ3n) is 2.53. The molecule has 2 rings (SSSR count). The number of methoxy groups -OCH3 is 2. The molecule has 92 valence electrons. The molecule has 0 fully saturated rings. The van der Waals surface area contributed by atoms with E-state index >= 15 is 0 Å². The van der Waals surface area contributed by atoms with Gasteiger partial charge in [0.25, 0.3) is 0 Å². The topological polar surface area (TPSA) is 30.8 Å². The van der Waals surface area contributed by atoms with Gasteiger partial charge in [-0.1, -0.05) is 12.1 Å². The van der Waals surface area contributed by atoms with E-state index in [1.807, 2.05) is 54.7 Å². The maximum Gasteiger partial charge on any atom is 0.119 e. The molecule has 0 aliphatic carbocycles. The third-order valence-corrected chi connectivity index (χ3v) is 2.53. The second-order valence-electron chi connectivity index (χ2n) is 3.73. The smallest absolute Gasteiger partial charge is 0.119 e. The zero-order valence-corrected chi connectivity index (χ0v) is 10.5. The summed E-state index contributed by atoms with van der Waals surface area (Å²) in [6.45, 7) is 0. The lowest BCUT2D eigenvalue weighted by atomic mass is 10.2. The molecule has 2 aromatic rings. The van der Waals surface area contributed by atoms with Crippen LogP contribution in [-0.2, 0) is 0 Å². The molecule has 0 aliphatic heterocycles. The Morgan fingerprint density at radius 2 is 1.61 bits per heavy atom. The highest BCUT2D eigenvalue weighted by atomic mass is 16.5. The number of benzene rings is 2. The van der Waals surface area contributed by atoms with Crippen LogP contribution in [0.25, 0.3) is 0 Å². The number of rotatable bonds is 4. The van der Waals surface area contributed by atoms with Gasteiger partial charge in [0.1, 0.15) is 11.5 Å². The average Bonchev–Trinajstić information content (AvgIpc) is 2.46. The van der Waals surface area contributed by atoms with Crippen molar-refractivity contribution in [2.75, 3.05) is 14.2 Å². The van der Waals surface area contributed by atoms with Gasteiger partial charge < -0.3 is 9.47 Å². The lowest BCUT2D eigenvalue weighted by molar-refractivity contribution is 0.414. The van der Waals surface area contributed by atoms with Crippen molar-refractivity contribution in [1.82, 2.24) is 0 Å². The van der Waals surface area contributed by atoms with Crippen molar-refractivity contribution < 1.29 is 9.47 Å². The van der Waals surface area contributed by atoms with E-state index in [2.05, 4.69) is 4.99 Å². The largest absolute Gasteiger partial charge is 0.497 e. The Morgan fingerprint density at radius 3 is 2.28 bits per heavy atom. The van der Waals surface area contributed by atoms with Gasteiger partial charge in [-0.2, -0.15) is 0 Å². The van der Waals surface area contributed by atoms with E-state index < -0.39 is 0 Å². The van der Waals surface area contributed by atoms with Crippen molar-refractivity contribution in [3.05, 3.63) is 54.1 Å². The standard InChI is InChI=1S/C15H15NO2/c1-17-14-8-6-13(7-9-14)16-11-12-4-3-5-15(10-12)18-2/h3-11H,1-2H3/b16-11+. The zero-order chi connectivity index (χ0) is 12.8. The number of hydrogen-bond donors (Lipinski definition) is 0. The van der Waals surface area contributed by atoms with E-state index in [1.165, 1.54) is 0 Å². The Balaban J connectivity index is 2.13. The van der Waals surface area contributed by atoms with Crippen molar-refractivity contribution >= 4 is 11.9 Å². The van der Waals surface area contributed by atoms with Crippen LogP contribution in [0.5, 0.6) is 11.5 Å². The van der Waals surface area contributed by atoms with Crippen molar-refractivity contribution in [1.29, 1.82) is 0 Å². The first-order valence-corrected chi connectivity index (χ1v) is 5.64. The fourth-order valence-electron chi connectivity index (χ4n) is 1.54. The number of nitrogens with zero attached hydrogens (tertiary/aromatic N) is 1. The first-order chi connectivity index (χ1) is 8.81. The summed E-state index contributed by atoms with van der Waals surface area (Å²) in [4.78, 5) is 4.39. The molecule has 0 N–H and O–H groups in total. The van der Waals surface area contributed by atoms with Gasteiger partial charge in [-0.3, -0.25) is 4.99 Å². The van der Waals surface area contributed by atoms with Crippen LogP contribution in [0.4, 0.5) is 5.69 Å². The molecule has 0 atom stereocenters. The predicted molar refractivity (Wildman–Crippen MR) is 73.2 cm³/mol. The van der Waals surface area contributed by atoms with E-state index in [0.29, 0.717) is 0 Å². The molecule has 0 heterocycles. The van der Waals surface area contributed by atoms with Crippen LogP contribution in [0.2, 0.25) is 0 Å². The summed E-state index contributed by atoms with van der Waals surface area (Å²) in [6, 6.07) is 15.4. The molecule has 0 unspecified atom stereocenters. The van der Waals surface area contributed by atoms with Crippen LogP contribution >= 0.6 is 0 Å². The molecule has 0 amide bonds. The van der Waals surface area contributed by atoms with Crippen molar-refractivity contribution in [3.63, 3.8) is 0 Å². The van der Waals surface area contributed by atoms with Crippen LogP contribution in [0.3, 0.4) is 0 Å². The first-order valence-electron chi connectivity index (χ1n) is 5.64. The number of hydrogen-bond acceptors (Lipinski definition) is 3. The van der Waals surface area contributed by atoms with Gasteiger partial charge in [0.15, 0.2) is 0 Å². The van der Waals surface area contributed by atoms with E-state index in [9.17, 15) is 0 Å². The second-order valence-corrected chi connectivity index (χ2v) is 3.73. The van der Waals surface area contributed by atoms with Gasteiger partial charge in [0.05, 0.1) is 19.9 Å². The Morgan fingerprint density at radius 1 is 0.889 bits per heavy atom. The lowest BCUT2D eigenvalue weighted by Gasteiger charge is -2.00. The second kappa shape index (κ2) is 5.87. The van der Waals surface area contributed by atoms with E-state index in [1.54, 1.807) is 14.2 Å². The van der Waals surface area contributed by atoms with Crippen LogP contribution in [-0.4, -0.2) is 20.4 Å². The van der Waals surface area contributed by atoms with Gasteiger partial charge in [-0.15, -0.1) is 0 Å². The van der Waals surface area contributed by atoms with Gasteiger partial charge in [-0.25, -0.2) is 0 Å². The Kier molecular flexibility index (Phi) is 3.97. The summed E-state index contributed by atoms with van der Waals surface area (Å²) in [5.41, 5.74) is 1.89. The monoisotopic (exact) mass is 241 g/mol. The lowest BCUT2D eigenvalue weighted by Crippen LogP contribution is -1.85. The number of ether oxygens (including phenoxy) is 2. The minimum atomic E-state index is 0.827. The molecule has 0 saturated carbocycles. The maximum atomic E-state index is 5.16. The first kappa shape index (κ1) is 12.2. The Hall–Kier alpha value is -2.29. The SMILES string of the molecule is COc1ccc(/N=C/c2cccc(OC)c2)cc1. The molecule has 0 aliphatic rings. The Bertz CT molecular complexity index is 532. The molecule has 0 spiro atoms. The van der Waals surface area contributed by atoms with Crippen molar-refractivity contribution in [2.24, 2.45) is 4.99 Å². The fourth-order valence-corrected chi connectivity index (χ4v) is 1.54. The van der Waals surface area contributed by atoms with Crippen LogP contribution in [0, 0.1) is 0 Å². The van der Waals surface area contributed by atoms with Crippen LogP contribution in [0.1, 0.15) is 5.56 Å². The molecule has 2 aromatic carbocycles. The summed E-state index contributed by atoms with van der Waals surface area (Å²) < 4.78 is 10.3. The normalized spacial score (nSPS) is 10.6. The van der Waals surface area contributed by atoms with Crippen molar-refractivity contribution in [2.45, 2.75) is 0 Å². The van der Waals surface area contributed by atoms with Crippen LogP contribution < -0.4 is 9.47 Å². The zero-order valence-electron chi connectivity index (χ0n) is 10.5. The van der Waals surface area contributed by atoms with E-state index in [0.717, 1.165) is 22.7 Å². The van der Waals surface area contributed by atoms with Gasteiger partial charge >= 0.3 is 0 Å². The minimum Gasteiger partial charge on any atom is -0.497 e. The summed E-state index contributed by atoms with van der Waals surface area (Å²) in [5, 5.41) is 0. The molecule has 3 heteroatoms. The van der Waals surface area contributed by atoms with Gasteiger partial charge in [-0.05, 0) is 42.0 Å².